The molecule has 0 radical (unpaired) electrons. The van der Waals surface area contributed by atoms with Gasteiger partial charge >= 0.3 is 0 Å². The number of anilines is 2. The van der Waals surface area contributed by atoms with E-state index in [-0.39, 0.29) is 0 Å². The number of hydrogen-bond acceptors (Lipinski definition) is 2. The van der Waals surface area contributed by atoms with Gasteiger partial charge < -0.3 is 11.1 Å². The van der Waals surface area contributed by atoms with Gasteiger partial charge in [-0.3, -0.25) is 0 Å². The highest BCUT2D eigenvalue weighted by atomic mass is 14.9. The van der Waals surface area contributed by atoms with E-state index < -0.39 is 0 Å². The van der Waals surface area contributed by atoms with Gasteiger partial charge in [0.2, 0.25) is 0 Å². The predicted octanol–water partition coefficient (Wildman–Crippen LogP) is 2.79. The maximum atomic E-state index is 5.75. The highest BCUT2D eigenvalue weighted by Gasteiger charge is 2.16. The van der Waals surface area contributed by atoms with E-state index in [1.54, 1.807) is 0 Å². The molecule has 2 heteroatoms. The third-order valence-corrected chi connectivity index (χ3v) is 3.09. The van der Waals surface area contributed by atoms with Crippen molar-refractivity contribution < 1.29 is 0 Å². The Hall–Kier alpha value is -1.18. The Bertz CT molecular complexity index is 316. The van der Waals surface area contributed by atoms with Crippen molar-refractivity contribution in [2.45, 2.75) is 26.2 Å². The Kier molecular flexibility index (Phi) is 2.62. The first-order valence-electron chi connectivity index (χ1n) is 5.36. The Morgan fingerprint density at radius 3 is 2.79 bits per heavy atom. The molecule has 0 bridgehead atoms. The molecule has 0 heterocycles. The summed E-state index contributed by atoms with van der Waals surface area (Å²) in [4.78, 5) is 0. The van der Waals surface area contributed by atoms with Gasteiger partial charge in [0.25, 0.3) is 0 Å². The number of nitrogens with two attached hydrogens (primary N) is 1. The molecule has 1 aliphatic carbocycles. The summed E-state index contributed by atoms with van der Waals surface area (Å²) in [6, 6.07) is 6.15. The second-order valence-corrected chi connectivity index (χ2v) is 4.25. The quantitative estimate of drug-likeness (QED) is 0.719. The first-order valence-corrected chi connectivity index (χ1v) is 5.36. The molecule has 0 aromatic heterocycles. The fourth-order valence-corrected chi connectivity index (χ4v) is 1.74. The summed E-state index contributed by atoms with van der Waals surface area (Å²) >= 11 is 0. The Balaban J connectivity index is 1.91. The van der Waals surface area contributed by atoms with Crippen LogP contribution in [0.25, 0.3) is 0 Å². The van der Waals surface area contributed by atoms with E-state index in [0.717, 1.165) is 23.7 Å². The van der Waals surface area contributed by atoms with E-state index in [1.807, 2.05) is 13.0 Å². The molecular formula is C12H18N2. The van der Waals surface area contributed by atoms with Gasteiger partial charge in [0.15, 0.2) is 0 Å². The second-order valence-electron chi connectivity index (χ2n) is 4.25. The lowest BCUT2D eigenvalue weighted by Gasteiger charge is -2.26. The van der Waals surface area contributed by atoms with Crippen LogP contribution in [0.1, 0.15) is 24.8 Å². The fourth-order valence-electron chi connectivity index (χ4n) is 1.74. The molecule has 0 amide bonds. The van der Waals surface area contributed by atoms with Gasteiger partial charge in [-0.1, -0.05) is 6.42 Å². The largest absolute Gasteiger partial charge is 0.399 e. The molecule has 14 heavy (non-hydrogen) atoms. The van der Waals surface area contributed by atoms with Gasteiger partial charge in [-0.25, -0.2) is 0 Å². The van der Waals surface area contributed by atoms with Crippen LogP contribution in [-0.2, 0) is 0 Å². The van der Waals surface area contributed by atoms with Gasteiger partial charge in [0, 0.05) is 17.9 Å². The standard InChI is InChI=1S/C12H18N2/c1-9-7-11(5-6-12(9)13)14-8-10-3-2-4-10/h5-7,10,14H,2-4,8,13H2,1H3. The Morgan fingerprint density at radius 1 is 1.43 bits per heavy atom. The summed E-state index contributed by atoms with van der Waals surface area (Å²) in [7, 11) is 0. The minimum Gasteiger partial charge on any atom is -0.399 e. The molecular weight excluding hydrogens is 172 g/mol. The SMILES string of the molecule is Cc1cc(NCC2CCC2)ccc1N. The van der Waals surface area contributed by atoms with E-state index in [2.05, 4.69) is 17.4 Å². The molecule has 1 saturated carbocycles. The summed E-state index contributed by atoms with van der Waals surface area (Å²) in [5, 5.41) is 3.46. The molecule has 0 spiro atoms. The fraction of sp³-hybridized carbons (Fsp3) is 0.500. The van der Waals surface area contributed by atoms with Crippen LogP contribution in [0.2, 0.25) is 0 Å². The normalized spacial score (nSPS) is 16.4. The maximum absolute atomic E-state index is 5.75. The lowest BCUT2D eigenvalue weighted by atomic mass is 9.85. The summed E-state index contributed by atoms with van der Waals surface area (Å²) in [6.07, 6.45) is 4.19. The predicted molar refractivity (Wildman–Crippen MR) is 61.4 cm³/mol. The molecule has 0 atom stereocenters. The van der Waals surface area contributed by atoms with Crippen molar-refractivity contribution in [3.8, 4) is 0 Å². The van der Waals surface area contributed by atoms with Crippen LogP contribution < -0.4 is 11.1 Å². The number of nitrogen functional groups attached to an aromatic ring is 1. The zero-order valence-corrected chi connectivity index (χ0v) is 8.72. The first-order chi connectivity index (χ1) is 6.75. The van der Waals surface area contributed by atoms with Gasteiger partial charge in [-0.2, -0.15) is 0 Å². The van der Waals surface area contributed by atoms with Crippen LogP contribution in [0.5, 0.6) is 0 Å². The zero-order chi connectivity index (χ0) is 9.97. The van der Waals surface area contributed by atoms with Crippen molar-refractivity contribution in [3.63, 3.8) is 0 Å². The number of nitrogens with one attached hydrogen (secondary N) is 1. The summed E-state index contributed by atoms with van der Waals surface area (Å²) in [6.45, 7) is 3.16. The lowest BCUT2D eigenvalue weighted by Crippen LogP contribution is -2.20. The second kappa shape index (κ2) is 3.91. The Morgan fingerprint density at radius 2 is 2.21 bits per heavy atom. The molecule has 1 aromatic rings. The summed E-state index contributed by atoms with van der Waals surface area (Å²) in [5.41, 5.74) is 8.98. The van der Waals surface area contributed by atoms with E-state index in [0.29, 0.717) is 0 Å². The van der Waals surface area contributed by atoms with Gasteiger partial charge in [0.1, 0.15) is 0 Å². The van der Waals surface area contributed by atoms with Crippen molar-refractivity contribution in [1.82, 2.24) is 0 Å². The highest BCUT2D eigenvalue weighted by Crippen LogP contribution is 2.26. The van der Waals surface area contributed by atoms with Crippen LogP contribution in [0.4, 0.5) is 11.4 Å². The highest BCUT2D eigenvalue weighted by molar-refractivity contribution is 5.56. The number of aryl methyl sites for hydroxylation is 1. The van der Waals surface area contributed by atoms with E-state index >= 15 is 0 Å². The maximum Gasteiger partial charge on any atom is 0.0345 e. The molecule has 1 aliphatic rings. The minimum absolute atomic E-state index is 0.874. The molecule has 3 N–H and O–H groups in total. The third-order valence-electron chi connectivity index (χ3n) is 3.09. The van der Waals surface area contributed by atoms with Crippen LogP contribution in [0.3, 0.4) is 0 Å². The van der Waals surface area contributed by atoms with E-state index in [9.17, 15) is 0 Å². The van der Waals surface area contributed by atoms with Crippen molar-refractivity contribution in [2.24, 2.45) is 5.92 Å². The number of benzene rings is 1. The van der Waals surface area contributed by atoms with Gasteiger partial charge in [-0.05, 0) is 49.4 Å². The smallest absolute Gasteiger partial charge is 0.0345 e. The zero-order valence-electron chi connectivity index (χ0n) is 8.72. The molecule has 2 rings (SSSR count). The summed E-state index contributed by atoms with van der Waals surface area (Å²) < 4.78 is 0. The molecule has 0 saturated heterocycles. The molecule has 2 nitrogen and oxygen atoms in total. The average molecular weight is 190 g/mol. The lowest BCUT2D eigenvalue weighted by molar-refractivity contribution is 0.333. The van der Waals surface area contributed by atoms with Crippen molar-refractivity contribution in [1.29, 1.82) is 0 Å². The molecule has 0 unspecified atom stereocenters. The van der Waals surface area contributed by atoms with Crippen LogP contribution >= 0.6 is 0 Å². The van der Waals surface area contributed by atoms with Crippen LogP contribution in [-0.4, -0.2) is 6.54 Å². The number of rotatable bonds is 3. The molecule has 76 valence electrons. The average Bonchev–Trinajstić information content (AvgIpc) is 2.08. The van der Waals surface area contributed by atoms with E-state index in [1.165, 1.54) is 24.9 Å². The molecule has 0 aliphatic heterocycles. The van der Waals surface area contributed by atoms with Crippen LogP contribution in [0.15, 0.2) is 18.2 Å². The Labute approximate surface area is 85.5 Å². The van der Waals surface area contributed by atoms with Crippen molar-refractivity contribution in [3.05, 3.63) is 23.8 Å². The van der Waals surface area contributed by atoms with Gasteiger partial charge in [0.05, 0.1) is 0 Å². The van der Waals surface area contributed by atoms with Crippen LogP contribution in [0, 0.1) is 12.8 Å². The van der Waals surface area contributed by atoms with Gasteiger partial charge in [-0.15, -0.1) is 0 Å². The topological polar surface area (TPSA) is 38.0 Å². The molecule has 1 aromatic carbocycles. The van der Waals surface area contributed by atoms with Crippen molar-refractivity contribution in [2.75, 3.05) is 17.6 Å². The van der Waals surface area contributed by atoms with Crippen molar-refractivity contribution >= 4 is 11.4 Å². The number of hydrogen-bond donors (Lipinski definition) is 2. The third kappa shape index (κ3) is 2.00. The van der Waals surface area contributed by atoms with E-state index in [4.69, 9.17) is 5.73 Å². The minimum atomic E-state index is 0.874. The summed E-state index contributed by atoms with van der Waals surface area (Å²) in [5.74, 6) is 0.896. The first kappa shape index (κ1) is 9.38. The monoisotopic (exact) mass is 190 g/mol. The molecule has 1 fully saturated rings.